The minimum atomic E-state index is -1.26. The molecule has 3 atom stereocenters. The number of methoxy groups -OCH3 is 1. The molecule has 1 rings (SSSR count). The summed E-state index contributed by atoms with van der Waals surface area (Å²) in [6.07, 6.45) is -0.182. The van der Waals surface area contributed by atoms with Crippen molar-refractivity contribution in [2.45, 2.75) is 32.1 Å². The van der Waals surface area contributed by atoms with Gasteiger partial charge in [0.2, 0.25) is 5.91 Å². The van der Waals surface area contributed by atoms with Crippen LogP contribution in [0.5, 0.6) is 0 Å². The Morgan fingerprint density at radius 1 is 1.50 bits per heavy atom. The lowest BCUT2D eigenvalue weighted by atomic mass is 9.88. The number of amides is 1. The van der Waals surface area contributed by atoms with E-state index < -0.39 is 24.2 Å². The first-order chi connectivity index (χ1) is 7.49. The molecule has 0 aromatic carbocycles. The van der Waals surface area contributed by atoms with E-state index in [9.17, 15) is 14.7 Å². The van der Waals surface area contributed by atoms with Gasteiger partial charge in [-0.3, -0.25) is 9.59 Å². The number of rotatable bonds is 3. The fourth-order valence-corrected chi connectivity index (χ4v) is 2.15. The Hall–Kier alpha value is -1.14. The van der Waals surface area contributed by atoms with Crippen molar-refractivity contribution >= 4 is 11.9 Å². The van der Waals surface area contributed by atoms with Crippen LogP contribution >= 0.6 is 0 Å². The average molecular weight is 231 g/mol. The van der Waals surface area contributed by atoms with Crippen molar-refractivity contribution in [2.24, 2.45) is 5.92 Å². The average Bonchev–Trinajstić information content (AvgIpc) is 2.26. The van der Waals surface area contributed by atoms with Crippen LogP contribution in [0.2, 0.25) is 0 Å². The van der Waals surface area contributed by atoms with E-state index in [4.69, 9.17) is 9.84 Å². The van der Waals surface area contributed by atoms with Crippen LogP contribution in [0.4, 0.5) is 0 Å². The van der Waals surface area contributed by atoms with Crippen molar-refractivity contribution in [1.82, 2.24) is 4.90 Å². The molecule has 1 unspecified atom stereocenters. The number of aliphatic hydroxyl groups is 1. The van der Waals surface area contributed by atoms with Gasteiger partial charge in [0.05, 0.1) is 12.0 Å². The van der Waals surface area contributed by atoms with E-state index in [0.717, 1.165) is 0 Å². The van der Waals surface area contributed by atoms with Crippen LogP contribution in [-0.2, 0) is 14.3 Å². The van der Waals surface area contributed by atoms with Crippen molar-refractivity contribution in [1.29, 1.82) is 0 Å². The number of ether oxygens (including phenoxy) is 1. The number of aliphatic carboxylic acids is 1. The zero-order valence-corrected chi connectivity index (χ0v) is 9.42. The van der Waals surface area contributed by atoms with Crippen molar-refractivity contribution in [3.8, 4) is 0 Å². The highest BCUT2D eigenvalue weighted by molar-refractivity contribution is 5.77. The van der Waals surface area contributed by atoms with E-state index in [0.29, 0.717) is 19.4 Å². The summed E-state index contributed by atoms with van der Waals surface area (Å²) in [5.41, 5.74) is 0. The van der Waals surface area contributed by atoms with Crippen molar-refractivity contribution < 1.29 is 24.5 Å². The maximum Gasteiger partial charge on any atom is 0.308 e. The molecule has 6 heteroatoms. The first-order valence-electron chi connectivity index (χ1n) is 5.20. The molecule has 1 amide bonds. The lowest BCUT2D eigenvalue weighted by molar-refractivity contribution is -0.176. The maximum atomic E-state index is 11.4. The lowest BCUT2D eigenvalue weighted by Gasteiger charge is -2.40. The molecule has 1 aliphatic rings. The number of aliphatic hydroxyl groups excluding tert-OH is 1. The number of piperidine rings is 1. The predicted molar refractivity (Wildman–Crippen MR) is 54.6 cm³/mol. The van der Waals surface area contributed by atoms with Gasteiger partial charge in [-0.25, -0.2) is 0 Å². The highest BCUT2D eigenvalue weighted by Crippen LogP contribution is 2.26. The number of nitrogens with zero attached hydrogens (tertiary/aromatic N) is 1. The number of hydrogen-bond acceptors (Lipinski definition) is 4. The first-order valence-corrected chi connectivity index (χ1v) is 5.20. The smallest absolute Gasteiger partial charge is 0.308 e. The zero-order chi connectivity index (χ0) is 12.3. The molecule has 1 saturated heterocycles. The van der Waals surface area contributed by atoms with Gasteiger partial charge in [-0.15, -0.1) is 0 Å². The normalized spacial score (nSPS) is 27.6. The lowest BCUT2D eigenvalue weighted by Crippen LogP contribution is -2.56. The quantitative estimate of drug-likeness (QED) is 0.649. The van der Waals surface area contributed by atoms with Crippen molar-refractivity contribution in [3.63, 3.8) is 0 Å². The highest BCUT2D eigenvalue weighted by atomic mass is 16.6. The molecule has 6 nitrogen and oxygen atoms in total. The van der Waals surface area contributed by atoms with Crippen LogP contribution < -0.4 is 0 Å². The molecule has 92 valence electrons. The molecule has 0 saturated carbocycles. The van der Waals surface area contributed by atoms with E-state index in [1.54, 1.807) is 0 Å². The first kappa shape index (κ1) is 12.9. The summed E-state index contributed by atoms with van der Waals surface area (Å²) in [6.45, 7) is 1.82. The second kappa shape index (κ2) is 5.27. The summed E-state index contributed by atoms with van der Waals surface area (Å²) in [5, 5.41) is 18.7. The third-order valence-corrected chi connectivity index (χ3v) is 2.94. The number of likely N-dealkylation sites (tertiary alicyclic amines) is 1. The molecule has 0 bridgehead atoms. The molecular formula is C10H17NO5. The minimum Gasteiger partial charge on any atom is -0.481 e. The molecule has 2 N–H and O–H groups in total. The maximum absolute atomic E-state index is 11.4. The van der Waals surface area contributed by atoms with Crippen molar-refractivity contribution in [3.05, 3.63) is 0 Å². The molecule has 0 aliphatic carbocycles. The van der Waals surface area contributed by atoms with Gasteiger partial charge in [0.25, 0.3) is 0 Å². The standard InChI is InChI=1S/C10H17NO5/c1-6(12)11-5-3-4-7(9(13)14)8(11)10(15)16-2/h7-8,10,15H,3-5H2,1-2H3,(H,13,14)/t7-,8+,10?/m1/s1. The minimum absolute atomic E-state index is 0.243. The molecule has 0 spiro atoms. The summed E-state index contributed by atoms with van der Waals surface area (Å²) in [4.78, 5) is 23.8. The van der Waals surface area contributed by atoms with E-state index in [-0.39, 0.29) is 5.91 Å². The Labute approximate surface area is 93.8 Å². The third kappa shape index (κ3) is 2.51. The Morgan fingerprint density at radius 2 is 2.12 bits per heavy atom. The molecule has 0 aromatic heterocycles. The number of hydrogen-bond donors (Lipinski definition) is 2. The molecule has 0 radical (unpaired) electrons. The van der Waals surface area contributed by atoms with Gasteiger partial charge in [0, 0.05) is 20.6 Å². The van der Waals surface area contributed by atoms with Gasteiger partial charge in [-0.1, -0.05) is 0 Å². The van der Waals surface area contributed by atoms with Crippen molar-refractivity contribution in [2.75, 3.05) is 13.7 Å². The highest BCUT2D eigenvalue weighted by Gasteiger charge is 2.41. The van der Waals surface area contributed by atoms with Crippen LogP contribution in [0.15, 0.2) is 0 Å². The summed E-state index contributed by atoms with van der Waals surface area (Å²) >= 11 is 0. The van der Waals surface area contributed by atoms with Crippen LogP contribution in [-0.4, -0.2) is 53.0 Å². The fraction of sp³-hybridized carbons (Fsp3) is 0.800. The molecule has 16 heavy (non-hydrogen) atoms. The van der Waals surface area contributed by atoms with E-state index >= 15 is 0 Å². The van der Waals surface area contributed by atoms with Gasteiger partial charge in [-0.05, 0) is 12.8 Å². The summed E-state index contributed by atoms with van der Waals surface area (Å²) < 4.78 is 4.75. The number of carboxylic acid groups (broad SMARTS) is 1. The SMILES string of the molecule is COC(O)[C@@H]1[C@H](C(=O)O)CCCN1C(C)=O. The van der Waals surface area contributed by atoms with Crippen LogP contribution in [0, 0.1) is 5.92 Å². The molecule has 1 heterocycles. The van der Waals surface area contributed by atoms with Gasteiger partial charge in [0.1, 0.15) is 0 Å². The third-order valence-electron chi connectivity index (χ3n) is 2.94. The van der Waals surface area contributed by atoms with E-state index in [1.807, 2.05) is 0 Å². The van der Waals surface area contributed by atoms with Gasteiger partial charge < -0.3 is 19.8 Å². The Bertz CT molecular complexity index is 258. The van der Waals surface area contributed by atoms with E-state index in [1.165, 1.54) is 18.9 Å². The molecule has 1 fully saturated rings. The number of carboxylic acids is 1. The van der Waals surface area contributed by atoms with Gasteiger partial charge in [-0.2, -0.15) is 0 Å². The number of carbonyl (C=O) groups is 2. The molecule has 1 aliphatic heterocycles. The largest absolute Gasteiger partial charge is 0.481 e. The summed E-state index contributed by atoms with van der Waals surface area (Å²) in [7, 11) is 1.29. The Balaban J connectivity index is 2.93. The summed E-state index contributed by atoms with van der Waals surface area (Å²) in [6, 6.07) is -0.797. The second-order valence-electron chi connectivity index (χ2n) is 3.92. The van der Waals surface area contributed by atoms with E-state index in [2.05, 4.69) is 0 Å². The Kier molecular flexibility index (Phi) is 4.26. The second-order valence-corrected chi connectivity index (χ2v) is 3.92. The molecular weight excluding hydrogens is 214 g/mol. The van der Waals surface area contributed by atoms with Crippen LogP contribution in [0.25, 0.3) is 0 Å². The monoisotopic (exact) mass is 231 g/mol. The van der Waals surface area contributed by atoms with Crippen LogP contribution in [0.1, 0.15) is 19.8 Å². The van der Waals surface area contributed by atoms with Gasteiger partial charge in [0.15, 0.2) is 6.29 Å². The fourth-order valence-electron chi connectivity index (χ4n) is 2.15. The van der Waals surface area contributed by atoms with Gasteiger partial charge >= 0.3 is 5.97 Å². The zero-order valence-electron chi connectivity index (χ0n) is 9.42. The molecule has 0 aromatic rings. The predicted octanol–water partition coefficient (Wildman–Crippen LogP) is -0.337. The Morgan fingerprint density at radius 3 is 2.56 bits per heavy atom. The topological polar surface area (TPSA) is 87.1 Å². The van der Waals surface area contributed by atoms with Crippen LogP contribution in [0.3, 0.4) is 0 Å². The number of carbonyl (C=O) groups excluding carboxylic acids is 1. The summed E-state index contributed by atoms with van der Waals surface area (Å²) in [5.74, 6) is -2.02.